The first-order valence-corrected chi connectivity index (χ1v) is 5.48. The minimum absolute atomic E-state index is 0.0234. The van der Waals surface area contributed by atoms with Crippen LogP contribution in [0.5, 0.6) is 5.75 Å². The third-order valence-electron chi connectivity index (χ3n) is 2.32. The van der Waals surface area contributed by atoms with Gasteiger partial charge < -0.3 is 9.84 Å². The summed E-state index contributed by atoms with van der Waals surface area (Å²) in [5.41, 5.74) is 0.880. The summed E-state index contributed by atoms with van der Waals surface area (Å²) in [4.78, 5) is 0. The molecule has 1 aliphatic rings. The molecule has 1 aliphatic heterocycles. The average Bonchev–Trinajstić information content (AvgIpc) is 2.19. The Kier molecular flexibility index (Phi) is 2.66. The largest absolute Gasteiger partial charge is 0.474 e. The minimum atomic E-state index is -0.539. The zero-order chi connectivity index (χ0) is 10.2. The highest BCUT2D eigenvalue weighted by Crippen LogP contribution is 2.37. The topological polar surface area (TPSA) is 29.5 Å². The molecule has 1 heterocycles. The van der Waals surface area contributed by atoms with Gasteiger partial charge >= 0.3 is 0 Å². The molecule has 4 heteroatoms. The second-order valence-corrected chi connectivity index (χ2v) is 5.36. The van der Waals surface area contributed by atoms with Crippen molar-refractivity contribution < 1.29 is 14.2 Å². The molecule has 0 saturated heterocycles. The Hall–Kier alpha value is -0.360. The van der Waals surface area contributed by atoms with E-state index in [0.717, 1.165) is 12.0 Å². The van der Waals surface area contributed by atoms with Crippen LogP contribution in [0.25, 0.3) is 0 Å². The Morgan fingerprint density at radius 1 is 1.57 bits per heavy atom. The van der Waals surface area contributed by atoms with Gasteiger partial charge in [0, 0.05) is 6.42 Å². The van der Waals surface area contributed by atoms with Gasteiger partial charge in [0.25, 0.3) is 0 Å². The quantitative estimate of drug-likeness (QED) is 0.637. The maximum absolute atomic E-state index is 12.9. The van der Waals surface area contributed by atoms with Crippen LogP contribution in [0, 0.1) is 5.82 Å². The summed E-state index contributed by atoms with van der Waals surface area (Å²) in [5, 5.41) is 9.12. The molecule has 1 unspecified atom stereocenters. The Morgan fingerprint density at radius 3 is 3.07 bits per heavy atom. The SMILES string of the molecule is OCC1(I)CCc2cc(F)ccc2O1. The molecule has 0 saturated carbocycles. The molecule has 0 radical (unpaired) electrons. The molecule has 2 nitrogen and oxygen atoms in total. The third-order valence-corrected chi connectivity index (χ3v) is 3.42. The van der Waals surface area contributed by atoms with Crippen molar-refractivity contribution in [2.75, 3.05) is 6.61 Å². The van der Waals surface area contributed by atoms with Gasteiger partial charge in [-0.25, -0.2) is 4.39 Å². The minimum Gasteiger partial charge on any atom is -0.474 e. The number of hydrogen-bond acceptors (Lipinski definition) is 2. The van der Waals surface area contributed by atoms with Gasteiger partial charge in [-0.3, -0.25) is 0 Å². The van der Waals surface area contributed by atoms with Gasteiger partial charge in [0.1, 0.15) is 11.6 Å². The van der Waals surface area contributed by atoms with E-state index in [2.05, 4.69) is 22.6 Å². The summed E-state index contributed by atoms with van der Waals surface area (Å²) in [6.07, 6.45) is 1.46. The first-order valence-electron chi connectivity index (χ1n) is 4.40. The summed E-state index contributed by atoms with van der Waals surface area (Å²) in [5.74, 6) is 0.443. The molecule has 76 valence electrons. The lowest BCUT2D eigenvalue weighted by Gasteiger charge is -2.32. The number of halogens is 2. The second-order valence-electron chi connectivity index (χ2n) is 3.40. The lowest BCUT2D eigenvalue weighted by molar-refractivity contribution is 0.0833. The van der Waals surface area contributed by atoms with Gasteiger partial charge in [-0.05, 0) is 52.8 Å². The van der Waals surface area contributed by atoms with Gasteiger partial charge in [-0.15, -0.1) is 0 Å². The molecule has 0 fully saturated rings. The fourth-order valence-electron chi connectivity index (χ4n) is 1.52. The van der Waals surface area contributed by atoms with Crippen LogP contribution in [-0.4, -0.2) is 15.3 Å². The lowest BCUT2D eigenvalue weighted by atomic mass is 10.0. The molecule has 1 N–H and O–H groups in total. The van der Waals surface area contributed by atoms with E-state index in [1.807, 2.05) is 0 Å². The predicted octanol–water partition coefficient (Wildman–Crippen LogP) is 2.27. The maximum Gasteiger partial charge on any atom is 0.182 e. The van der Waals surface area contributed by atoms with E-state index in [1.54, 1.807) is 6.07 Å². The van der Waals surface area contributed by atoms with Gasteiger partial charge in [0.15, 0.2) is 3.61 Å². The number of ether oxygens (including phenoxy) is 1. The fraction of sp³-hybridized carbons (Fsp3) is 0.400. The van der Waals surface area contributed by atoms with Crippen molar-refractivity contribution in [2.45, 2.75) is 16.4 Å². The van der Waals surface area contributed by atoms with E-state index in [1.165, 1.54) is 12.1 Å². The lowest BCUT2D eigenvalue weighted by Crippen LogP contribution is -2.36. The van der Waals surface area contributed by atoms with Crippen molar-refractivity contribution in [1.82, 2.24) is 0 Å². The standard InChI is InChI=1S/C10H10FIO2/c11-8-1-2-9-7(5-8)3-4-10(12,6-13)14-9/h1-2,5,13H,3-4,6H2. The molecule has 0 spiro atoms. The maximum atomic E-state index is 12.9. The molecule has 0 aliphatic carbocycles. The van der Waals surface area contributed by atoms with Crippen LogP contribution in [0.1, 0.15) is 12.0 Å². The van der Waals surface area contributed by atoms with Crippen molar-refractivity contribution in [3.8, 4) is 5.75 Å². The molecule has 0 bridgehead atoms. The van der Waals surface area contributed by atoms with E-state index >= 15 is 0 Å². The summed E-state index contributed by atoms with van der Waals surface area (Å²) < 4.78 is 17.9. The highest BCUT2D eigenvalue weighted by Gasteiger charge is 2.32. The number of aliphatic hydroxyl groups is 1. The monoisotopic (exact) mass is 308 g/mol. The summed E-state index contributed by atoms with van der Waals surface area (Å²) >= 11 is 2.09. The molecule has 1 atom stereocenters. The number of fused-ring (bicyclic) bond motifs is 1. The second kappa shape index (κ2) is 3.66. The van der Waals surface area contributed by atoms with Gasteiger partial charge in [0.2, 0.25) is 0 Å². The average molecular weight is 308 g/mol. The van der Waals surface area contributed by atoms with Crippen molar-refractivity contribution >= 4 is 22.6 Å². The fourth-order valence-corrected chi connectivity index (χ4v) is 2.03. The normalized spacial score (nSPS) is 25.4. The molecule has 1 aromatic carbocycles. The highest BCUT2D eigenvalue weighted by atomic mass is 127. The summed E-state index contributed by atoms with van der Waals surface area (Å²) in [7, 11) is 0. The van der Waals surface area contributed by atoms with Crippen LogP contribution in [0.3, 0.4) is 0 Å². The first kappa shape index (κ1) is 10.2. The zero-order valence-electron chi connectivity index (χ0n) is 7.46. The van der Waals surface area contributed by atoms with Gasteiger partial charge in [-0.2, -0.15) is 0 Å². The first-order chi connectivity index (χ1) is 6.63. The van der Waals surface area contributed by atoms with E-state index in [0.29, 0.717) is 12.2 Å². The summed E-state index contributed by atoms with van der Waals surface area (Å²) in [6.45, 7) is -0.0234. The number of aryl methyl sites for hydroxylation is 1. The Balaban J connectivity index is 2.31. The van der Waals surface area contributed by atoms with Gasteiger partial charge in [-0.1, -0.05) is 0 Å². The number of aliphatic hydroxyl groups excluding tert-OH is 1. The van der Waals surface area contributed by atoms with Crippen LogP contribution < -0.4 is 4.74 Å². The summed E-state index contributed by atoms with van der Waals surface area (Å²) in [6, 6.07) is 4.48. The van der Waals surface area contributed by atoms with Crippen molar-refractivity contribution in [2.24, 2.45) is 0 Å². The van der Waals surface area contributed by atoms with E-state index in [4.69, 9.17) is 9.84 Å². The Labute approximate surface area is 95.2 Å². The Bertz CT molecular complexity index is 356. The van der Waals surface area contributed by atoms with Crippen molar-refractivity contribution in [3.63, 3.8) is 0 Å². The van der Waals surface area contributed by atoms with E-state index in [-0.39, 0.29) is 12.4 Å². The molecular formula is C10H10FIO2. The smallest absolute Gasteiger partial charge is 0.182 e. The molecular weight excluding hydrogens is 298 g/mol. The van der Waals surface area contributed by atoms with Crippen LogP contribution >= 0.6 is 22.6 Å². The van der Waals surface area contributed by atoms with E-state index in [9.17, 15) is 4.39 Å². The zero-order valence-corrected chi connectivity index (χ0v) is 9.62. The molecule has 1 aromatic rings. The molecule has 2 rings (SSSR count). The van der Waals surface area contributed by atoms with Crippen molar-refractivity contribution in [1.29, 1.82) is 0 Å². The van der Waals surface area contributed by atoms with Crippen LogP contribution in [-0.2, 0) is 6.42 Å². The highest BCUT2D eigenvalue weighted by molar-refractivity contribution is 14.1. The number of benzene rings is 1. The number of hydrogen-bond donors (Lipinski definition) is 1. The van der Waals surface area contributed by atoms with Crippen LogP contribution in [0.15, 0.2) is 18.2 Å². The third kappa shape index (κ3) is 1.86. The number of rotatable bonds is 1. The van der Waals surface area contributed by atoms with E-state index < -0.39 is 3.61 Å². The van der Waals surface area contributed by atoms with Crippen LogP contribution in [0.4, 0.5) is 4.39 Å². The van der Waals surface area contributed by atoms with Crippen LogP contribution in [0.2, 0.25) is 0 Å². The predicted molar refractivity (Wildman–Crippen MR) is 59.2 cm³/mol. The molecule has 0 amide bonds. The molecule has 0 aromatic heterocycles. The Morgan fingerprint density at radius 2 is 2.36 bits per heavy atom. The number of alkyl halides is 1. The van der Waals surface area contributed by atoms with Crippen molar-refractivity contribution in [3.05, 3.63) is 29.6 Å². The van der Waals surface area contributed by atoms with Gasteiger partial charge in [0.05, 0.1) is 6.61 Å². The molecule has 14 heavy (non-hydrogen) atoms.